The van der Waals surface area contributed by atoms with Gasteiger partial charge in [0.25, 0.3) is 0 Å². The Morgan fingerprint density at radius 1 is 1.12 bits per heavy atom. The number of nitrogens with zero attached hydrogens (tertiary/aromatic N) is 5. The van der Waals surface area contributed by atoms with E-state index in [-0.39, 0.29) is 12.1 Å². The van der Waals surface area contributed by atoms with Gasteiger partial charge in [0.2, 0.25) is 0 Å². The molecule has 12 heteroatoms. The molecular formula is C22H31F3N6O3. The Balaban J connectivity index is 1.25. The zero-order valence-corrected chi connectivity index (χ0v) is 18.9. The lowest BCUT2D eigenvalue weighted by Crippen LogP contribution is -2.55. The topological polar surface area (TPSA) is 113 Å². The molecule has 2 aromatic heterocycles. The Morgan fingerprint density at radius 3 is 2.62 bits per heavy atom. The number of halogens is 3. The number of nitrogen functional groups attached to an aromatic ring is 1. The lowest BCUT2D eigenvalue weighted by molar-refractivity contribution is -0.139. The molecule has 0 saturated carbocycles. The molecule has 0 amide bonds. The molecule has 0 unspecified atom stereocenters. The molecule has 5 heterocycles. The van der Waals surface area contributed by atoms with Crippen LogP contribution in [-0.4, -0.2) is 97.3 Å². The highest BCUT2D eigenvalue weighted by molar-refractivity contribution is 5.86. The van der Waals surface area contributed by atoms with Gasteiger partial charge < -0.3 is 30.2 Å². The van der Waals surface area contributed by atoms with Crippen molar-refractivity contribution >= 4 is 16.9 Å². The first kappa shape index (κ1) is 23.7. The summed E-state index contributed by atoms with van der Waals surface area (Å²) in [5, 5.41) is 22.2. The highest BCUT2D eigenvalue weighted by Crippen LogP contribution is 2.41. The molecule has 4 N–H and O–H groups in total. The molecule has 3 aliphatic heterocycles. The van der Waals surface area contributed by atoms with Gasteiger partial charge in [-0.2, -0.15) is 13.2 Å². The van der Waals surface area contributed by atoms with Crippen LogP contribution in [0.2, 0.25) is 0 Å². The zero-order chi connectivity index (χ0) is 24.1. The van der Waals surface area contributed by atoms with Crippen molar-refractivity contribution < 1.29 is 28.1 Å². The van der Waals surface area contributed by atoms with Gasteiger partial charge in [0, 0.05) is 24.8 Å². The summed E-state index contributed by atoms with van der Waals surface area (Å²) in [6, 6.07) is 1.75. The van der Waals surface area contributed by atoms with Gasteiger partial charge in [-0.05, 0) is 51.4 Å². The summed E-state index contributed by atoms with van der Waals surface area (Å²) in [4.78, 5) is 12.4. The van der Waals surface area contributed by atoms with Crippen LogP contribution in [0.25, 0.3) is 11.0 Å². The van der Waals surface area contributed by atoms with Gasteiger partial charge in [0.05, 0.1) is 11.8 Å². The summed E-state index contributed by atoms with van der Waals surface area (Å²) < 4.78 is 45.6. The van der Waals surface area contributed by atoms with Crippen LogP contribution in [0.5, 0.6) is 0 Å². The van der Waals surface area contributed by atoms with E-state index >= 15 is 0 Å². The molecule has 0 aromatic carbocycles. The first-order valence-corrected chi connectivity index (χ1v) is 11.8. The second kappa shape index (κ2) is 8.90. The standard InChI is InChI=1S/C22H31F3N6O3/c23-22(24,25)6-11-29-9-4-21(5-10-29)3-1-7-30(21)12-15-16(32)17(33)20(34-15)31-8-2-14-18(26)27-13-28-19(14)31/h2,8,13,15-17,20,32-33H,1,3-7,9-12H2,(H2,26,27,28)/t15-,16-,17-,20-/m1/s1. The zero-order valence-electron chi connectivity index (χ0n) is 18.9. The van der Waals surface area contributed by atoms with Crippen molar-refractivity contribution in [3.8, 4) is 0 Å². The average Bonchev–Trinajstić information content (AvgIpc) is 3.47. The number of aliphatic hydroxyl groups is 2. The summed E-state index contributed by atoms with van der Waals surface area (Å²) in [6.07, 6.45) is -1.93. The number of piperidine rings is 1. The minimum atomic E-state index is -4.13. The highest BCUT2D eigenvalue weighted by Gasteiger charge is 2.49. The van der Waals surface area contributed by atoms with Gasteiger partial charge in [-0.1, -0.05) is 0 Å². The first-order valence-electron chi connectivity index (χ1n) is 11.8. The smallest absolute Gasteiger partial charge is 0.387 e. The highest BCUT2D eigenvalue weighted by atomic mass is 19.4. The number of ether oxygens (including phenoxy) is 1. The van der Waals surface area contributed by atoms with E-state index < -0.39 is 37.1 Å². The van der Waals surface area contributed by atoms with E-state index in [4.69, 9.17) is 10.5 Å². The van der Waals surface area contributed by atoms with Crippen LogP contribution in [-0.2, 0) is 4.74 Å². The number of nitrogens with two attached hydrogens (primary N) is 1. The molecule has 188 valence electrons. The van der Waals surface area contributed by atoms with Crippen molar-refractivity contribution in [2.24, 2.45) is 0 Å². The Morgan fingerprint density at radius 2 is 1.88 bits per heavy atom. The van der Waals surface area contributed by atoms with Crippen LogP contribution in [0.1, 0.15) is 38.3 Å². The fraction of sp³-hybridized carbons (Fsp3) is 0.727. The molecule has 5 rings (SSSR count). The third-order valence-corrected chi connectivity index (χ3v) is 7.79. The Labute approximate surface area is 195 Å². The molecule has 9 nitrogen and oxygen atoms in total. The number of fused-ring (bicyclic) bond motifs is 1. The van der Waals surface area contributed by atoms with Crippen LogP contribution in [0.4, 0.5) is 19.0 Å². The Bertz CT molecular complexity index is 1010. The van der Waals surface area contributed by atoms with E-state index in [0.29, 0.717) is 36.5 Å². The molecule has 0 aliphatic carbocycles. The van der Waals surface area contributed by atoms with E-state index in [2.05, 4.69) is 14.9 Å². The normalized spacial score (nSPS) is 30.6. The van der Waals surface area contributed by atoms with E-state index in [1.165, 1.54) is 6.33 Å². The summed E-state index contributed by atoms with van der Waals surface area (Å²) >= 11 is 0. The van der Waals surface area contributed by atoms with Crippen LogP contribution in [0.15, 0.2) is 18.6 Å². The maximum atomic E-state index is 12.6. The number of aromatic nitrogens is 3. The first-order chi connectivity index (χ1) is 16.2. The molecule has 1 spiro atoms. The van der Waals surface area contributed by atoms with Gasteiger partial charge in [-0.25, -0.2) is 9.97 Å². The fourth-order valence-electron chi connectivity index (χ4n) is 5.85. The van der Waals surface area contributed by atoms with Crippen molar-refractivity contribution in [2.75, 3.05) is 38.5 Å². The maximum Gasteiger partial charge on any atom is 0.390 e. The van der Waals surface area contributed by atoms with Gasteiger partial charge >= 0.3 is 6.18 Å². The number of alkyl halides is 3. The average molecular weight is 485 g/mol. The van der Waals surface area contributed by atoms with E-state index in [1.807, 2.05) is 4.90 Å². The molecule has 3 fully saturated rings. The predicted octanol–water partition coefficient (Wildman–Crippen LogP) is 1.52. The lowest BCUT2D eigenvalue weighted by Gasteiger charge is -2.46. The van der Waals surface area contributed by atoms with Crippen LogP contribution in [0, 0.1) is 0 Å². The number of aliphatic hydroxyl groups excluding tert-OH is 2. The lowest BCUT2D eigenvalue weighted by atomic mass is 9.84. The third kappa shape index (κ3) is 4.37. The van der Waals surface area contributed by atoms with Crippen molar-refractivity contribution in [3.63, 3.8) is 0 Å². The summed E-state index contributed by atoms with van der Waals surface area (Å²) in [7, 11) is 0. The summed E-state index contributed by atoms with van der Waals surface area (Å²) in [6.45, 7) is 2.58. The third-order valence-electron chi connectivity index (χ3n) is 7.79. The van der Waals surface area contributed by atoms with Crippen molar-refractivity contribution in [1.82, 2.24) is 24.3 Å². The van der Waals surface area contributed by atoms with Gasteiger partial charge in [-0.3, -0.25) is 4.90 Å². The molecule has 34 heavy (non-hydrogen) atoms. The van der Waals surface area contributed by atoms with Crippen molar-refractivity contribution in [1.29, 1.82) is 0 Å². The largest absolute Gasteiger partial charge is 0.390 e. The SMILES string of the molecule is Nc1ncnc2c1ccn2[C@@H]1O[C@H](CN2CCCC23CCN(CCC(F)(F)F)CC3)[C@@H](O)[C@H]1O. The van der Waals surface area contributed by atoms with Gasteiger partial charge in [0.15, 0.2) is 6.23 Å². The quantitative estimate of drug-likeness (QED) is 0.586. The minimum absolute atomic E-state index is 0.0385. The molecule has 0 bridgehead atoms. The molecule has 3 saturated heterocycles. The van der Waals surface area contributed by atoms with Crippen molar-refractivity contribution in [3.05, 3.63) is 18.6 Å². The monoisotopic (exact) mass is 484 g/mol. The Hall–Kier alpha value is -1.99. The second-order valence-corrected chi connectivity index (χ2v) is 9.75. The van der Waals surface area contributed by atoms with E-state index in [9.17, 15) is 23.4 Å². The second-order valence-electron chi connectivity index (χ2n) is 9.75. The van der Waals surface area contributed by atoms with E-state index in [0.717, 1.165) is 32.2 Å². The number of rotatable bonds is 5. The maximum absolute atomic E-state index is 12.6. The predicted molar refractivity (Wildman–Crippen MR) is 118 cm³/mol. The van der Waals surface area contributed by atoms with Crippen LogP contribution < -0.4 is 5.73 Å². The van der Waals surface area contributed by atoms with Crippen LogP contribution >= 0.6 is 0 Å². The molecule has 4 atom stereocenters. The number of likely N-dealkylation sites (tertiary alicyclic amines) is 2. The molecular weight excluding hydrogens is 453 g/mol. The number of hydrogen-bond acceptors (Lipinski definition) is 8. The Kier molecular flexibility index (Phi) is 6.22. The summed E-state index contributed by atoms with van der Waals surface area (Å²) in [5.41, 5.74) is 6.34. The number of anilines is 1. The number of hydrogen-bond donors (Lipinski definition) is 3. The van der Waals surface area contributed by atoms with Crippen LogP contribution in [0.3, 0.4) is 0 Å². The summed E-state index contributed by atoms with van der Waals surface area (Å²) in [5.74, 6) is 0.328. The van der Waals surface area contributed by atoms with Gasteiger partial charge in [0.1, 0.15) is 36.1 Å². The van der Waals surface area contributed by atoms with E-state index in [1.54, 1.807) is 16.8 Å². The molecule has 3 aliphatic rings. The molecule has 0 radical (unpaired) electrons. The molecule has 2 aromatic rings. The van der Waals surface area contributed by atoms with Crippen molar-refractivity contribution in [2.45, 2.75) is 68.4 Å². The fourth-order valence-corrected chi connectivity index (χ4v) is 5.85. The minimum Gasteiger partial charge on any atom is -0.387 e. The van der Waals surface area contributed by atoms with Gasteiger partial charge in [-0.15, -0.1) is 0 Å².